The molecule has 1 aliphatic heterocycles. The number of nitrogens with zero attached hydrogens (tertiary/aromatic N) is 3. The molecular weight excluding hydrogens is 328 g/mol. The molecule has 1 aliphatic rings. The Balaban J connectivity index is 1.41. The molecule has 1 N–H and O–H groups in total. The lowest BCUT2D eigenvalue weighted by Gasteiger charge is -2.16. The van der Waals surface area contributed by atoms with Gasteiger partial charge < -0.3 is 10.2 Å². The predicted molar refractivity (Wildman–Crippen MR) is 98.7 cm³/mol. The Morgan fingerprint density at radius 2 is 1.85 bits per heavy atom. The van der Waals surface area contributed by atoms with E-state index in [1.54, 1.807) is 4.90 Å². The minimum absolute atomic E-state index is 0.168. The van der Waals surface area contributed by atoms with Gasteiger partial charge in [0.15, 0.2) is 0 Å². The van der Waals surface area contributed by atoms with Crippen molar-refractivity contribution < 1.29 is 9.59 Å². The summed E-state index contributed by atoms with van der Waals surface area (Å²) in [5.74, 6) is -0.0945. The lowest BCUT2D eigenvalue weighted by Crippen LogP contribution is -2.25. The summed E-state index contributed by atoms with van der Waals surface area (Å²) in [5.41, 5.74) is 3.62. The Hall–Kier alpha value is -3.28. The van der Waals surface area contributed by atoms with Gasteiger partial charge in [0.25, 0.3) is 5.91 Å². The fraction of sp³-hybridized carbons (Fsp3) is 0.200. The smallest absolute Gasteiger partial charge is 0.271 e. The van der Waals surface area contributed by atoms with Gasteiger partial charge in [-0.25, -0.2) is 4.98 Å². The molecular formula is C20H18N4O2. The number of carbonyl (C=O) groups excluding carboxylic acids is 2. The molecule has 0 spiro atoms. The zero-order valence-electron chi connectivity index (χ0n) is 14.2. The number of carbonyl (C=O) groups is 2. The van der Waals surface area contributed by atoms with Crippen LogP contribution in [0.25, 0.3) is 11.0 Å². The molecule has 1 saturated heterocycles. The molecule has 130 valence electrons. The number of rotatable bonds is 4. The van der Waals surface area contributed by atoms with Crippen molar-refractivity contribution in [3.8, 4) is 0 Å². The summed E-state index contributed by atoms with van der Waals surface area (Å²) >= 11 is 0. The maximum atomic E-state index is 12.3. The largest absolute Gasteiger partial charge is 0.347 e. The fourth-order valence-electron chi connectivity index (χ4n) is 3.05. The van der Waals surface area contributed by atoms with Crippen LogP contribution in [0.15, 0.2) is 54.7 Å². The first-order valence-electron chi connectivity index (χ1n) is 8.60. The second kappa shape index (κ2) is 6.92. The van der Waals surface area contributed by atoms with Crippen LogP contribution in [0, 0.1) is 0 Å². The minimum Gasteiger partial charge on any atom is -0.347 e. The highest BCUT2D eigenvalue weighted by atomic mass is 16.2. The topological polar surface area (TPSA) is 75.2 Å². The van der Waals surface area contributed by atoms with Gasteiger partial charge in [-0.2, -0.15) is 0 Å². The van der Waals surface area contributed by atoms with Crippen molar-refractivity contribution in [1.82, 2.24) is 15.3 Å². The van der Waals surface area contributed by atoms with Crippen LogP contribution < -0.4 is 10.2 Å². The Labute approximate surface area is 150 Å². The molecule has 0 unspecified atom stereocenters. The number of para-hydroxylation sites is 2. The molecule has 6 heteroatoms. The molecule has 2 aromatic carbocycles. The number of benzene rings is 2. The average molecular weight is 346 g/mol. The number of amides is 2. The van der Waals surface area contributed by atoms with E-state index in [1.807, 2.05) is 48.5 Å². The maximum Gasteiger partial charge on any atom is 0.271 e. The van der Waals surface area contributed by atoms with Crippen LogP contribution in [0.5, 0.6) is 0 Å². The molecule has 0 atom stereocenters. The van der Waals surface area contributed by atoms with E-state index in [2.05, 4.69) is 15.3 Å². The highest BCUT2D eigenvalue weighted by molar-refractivity contribution is 5.95. The van der Waals surface area contributed by atoms with Gasteiger partial charge in [0.1, 0.15) is 5.69 Å². The van der Waals surface area contributed by atoms with Crippen LogP contribution in [0.1, 0.15) is 28.9 Å². The Morgan fingerprint density at radius 3 is 2.58 bits per heavy atom. The van der Waals surface area contributed by atoms with Gasteiger partial charge in [0.2, 0.25) is 5.91 Å². The number of hydrogen-bond donors (Lipinski definition) is 1. The van der Waals surface area contributed by atoms with Gasteiger partial charge >= 0.3 is 0 Å². The quantitative estimate of drug-likeness (QED) is 0.788. The van der Waals surface area contributed by atoms with Gasteiger partial charge in [0.05, 0.1) is 17.2 Å². The number of aromatic nitrogens is 2. The third kappa shape index (κ3) is 3.26. The molecule has 0 aliphatic carbocycles. The number of hydrogen-bond acceptors (Lipinski definition) is 4. The van der Waals surface area contributed by atoms with Crippen LogP contribution in [-0.4, -0.2) is 28.3 Å². The molecule has 0 saturated carbocycles. The van der Waals surface area contributed by atoms with Crippen LogP contribution in [0.4, 0.5) is 5.69 Å². The van der Waals surface area contributed by atoms with Crippen LogP contribution in [0.3, 0.4) is 0 Å². The fourth-order valence-corrected chi connectivity index (χ4v) is 3.05. The standard InChI is InChI=1S/C20H18N4O2/c25-19-6-3-11-24(19)15-9-7-14(8-10-15)12-22-20(26)18-13-21-16-4-1-2-5-17(16)23-18/h1-2,4-5,7-10,13H,3,6,11-12H2,(H,22,26). The lowest BCUT2D eigenvalue weighted by atomic mass is 10.2. The highest BCUT2D eigenvalue weighted by Crippen LogP contribution is 2.21. The van der Waals surface area contributed by atoms with Crippen LogP contribution in [-0.2, 0) is 11.3 Å². The van der Waals surface area contributed by atoms with Crippen molar-refractivity contribution in [3.05, 3.63) is 66.0 Å². The summed E-state index contributed by atoms with van der Waals surface area (Å²) in [5, 5.41) is 2.86. The van der Waals surface area contributed by atoms with E-state index < -0.39 is 0 Å². The molecule has 26 heavy (non-hydrogen) atoms. The maximum absolute atomic E-state index is 12.3. The Morgan fingerprint density at radius 1 is 1.08 bits per heavy atom. The van der Waals surface area contributed by atoms with Gasteiger partial charge in [-0.1, -0.05) is 24.3 Å². The monoisotopic (exact) mass is 346 g/mol. The van der Waals surface area contributed by atoms with Crippen molar-refractivity contribution in [1.29, 1.82) is 0 Å². The molecule has 2 heterocycles. The predicted octanol–water partition coefficient (Wildman–Crippen LogP) is 2.69. The number of nitrogens with one attached hydrogen (secondary N) is 1. The third-order valence-electron chi connectivity index (χ3n) is 4.46. The van der Waals surface area contributed by atoms with Crippen molar-refractivity contribution in [3.63, 3.8) is 0 Å². The molecule has 1 fully saturated rings. The Kier molecular flexibility index (Phi) is 4.31. The van der Waals surface area contributed by atoms with E-state index in [4.69, 9.17) is 0 Å². The summed E-state index contributed by atoms with van der Waals surface area (Å²) in [6.07, 6.45) is 3.01. The van der Waals surface area contributed by atoms with E-state index in [0.717, 1.165) is 29.7 Å². The summed E-state index contributed by atoms with van der Waals surface area (Å²) in [7, 11) is 0. The SMILES string of the molecule is O=C(NCc1ccc(N2CCCC2=O)cc1)c1cnc2ccccc2n1. The van der Waals surface area contributed by atoms with Crippen LogP contribution >= 0.6 is 0 Å². The summed E-state index contributed by atoms with van der Waals surface area (Å²) in [6.45, 7) is 1.16. The van der Waals surface area contributed by atoms with Crippen molar-refractivity contribution in [2.45, 2.75) is 19.4 Å². The van der Waals surface area contributed by atoms with Gasteiger partial charge in [-0.05, 0) is 36.2 Å². The van der Waals surface area contributed by atoms with Crippen molar-refractivity contribution in [2.24, 2.45) is 0 Å². The van der Waals surface area contributed by atoms with E-state index in [1.165, 1.54) is 6.20 Å². The second-order valence-corrected chi connectivity index (χ2v) is 6.24. The number of fused-ring (bicyclic) bond motifs is 1. The van der Waals surface area contributed by atoms with E-state index in [0.29, 0.717) is 24.2 Å². The third-order valence-corrected chi connectivity index (χ3v) is 4.46. The Bertz CT molecular complexity index is 969. The average Bonchev–Trinajstić information content (AvgIpc) is 3.12. The molecule has 2 amide bonds. The summed E-state index contributed by atoms with van der Waals surface area (Å²) in [4.78, 5) is 34.5. The van der Waals surface area contributed by atoms with Gasteiger partial charge in [-0.3, -0.25) is 14.6 Å². The van der Waals surface area contributed by atoms with Crippen molar-refractivity contribution in [2.75, 3.05) is 11.4 Å². The van der Waals surface area contributed by atoms with Crippen LogP contribution in [0.2, 0.25) is 0 Å². The number of anilines is 1. The molecule has 3 aromatic rings. The summed E-state index contributed by atoms with van der Waals surface area (Å²) < 4.78 is 0. The molecule has 4 rings (SSSR count). The van der Waals surface area contributed by atoms with E-state index >= 15 is 0 Å². The van der Waals surface area contributed by atoms with Gasteiger partial charge in [0, 0.05) is 25.2 Å². The van der Waals surface area contributed by atoms with E-state index in [-0.39, 0.29) is 11.8 Å². The molecule has 0 bridgehead atoms. The first kappa shape index (κ1) is 16.2. The molecule has 0 radical (unpaired) electrons. The molecule has 1 aromatic heterocycles. The second-order valence-electron chi connectivity index (χ2n) is 6.24. The van der Waals surface area contributed by atoms with Gasteiger partial charge in [-0.15, -0.1) is 0 Å². The summed E-state index contributed by atoms with van der Waals surface area (Å²) in [6, 6.07) is 15.1. The zero-order valence-corrected chi connectivity index (χ0v) is 14.2. The highest BCUT2D eigenvalue weighted by Gasteiger charge is 2.21. The lowest BCUT2D eigenvalue weighted by molar-refractivity contribution is -0.117. The molecule has 6 nitrogen and oxygen atoms in total. The first-order chi connectivity index (χ1) is 12.7. The first-order valence-corrected chi connectivity index (χ1v) is 8.60. The normalized spacial score (nSPS) is 14.0. The van der Waals surface area contributed by atoms with Crippen molar-refractivity contribution >= 4 is 28.5 Å². The minimum atomic E-state index is -0.262. The van der Waals surface area contributed by atoms with E-state index in [9.17, 15) is 9.59 Å². The zero-order chi connectivity index (χ0) is 17.9.